The topological polar surface area (TPSA) is 59.3 Å². The number of para-hydroxylation sites is 1. The van der Waals surface area contributed by atoms with Crippen LogP contribution in [0.25, 0.3) is 10.9 Å². The molecule has 1 N–H and O–H groups in total. The van der Waals surface area contributed by atoms with E-state index < -0.39 is 18.2 Å². The number of carbonyl (C=O) groups is 1. The van der Waals surface area contributed by atoms with Crippen LogP contribution in [0.3, 0.4) is 0 Å². The van der Waals surface area contributed by atoms with Crippen molar-refractivity contribution in [2.24, 2.45) is 0 Å². The van der Waals surface area contributed by atoms with Gasteiger partial charge in [-0.25, -0.2) is 9.18 Å². The number of aromatic carboxylic acids is 1. The summed E-state index contributed by atoms with van der Waals surface area (Å²) in [7, 11) is 0. The van der Waals surface area contributed by atoms with E-state index in [1.807, 2.05) is 0 Å². The average molecular weight is 235 g/mol. The van der Waals surface area contributed by atoms with Gasteiger partial charge in [0, 0.05) is 11.5 Å². The lowest BCUT2D eigenvalue weighted by Crippen LogP contribution is -2.22. The lowest BCUT2D eigenvalue weighted by Gasteiger charge is -2.09. The molecule has 2 aromatic rings. The molecule has 0 amide bonds. The minimum Gasteiger partial charge on any atom is -0.478 e. The van der Waals surface area contributed by atoms with Crippen LogP contribution in [0.4, 0.5) is 4.39 Å². The summed E-state index contributed by atoms with van der Waals surface area (Å²) in [6.45, 7) is -0.741. The van der Waals surface area contributed by atoms with Gasteiger partial charge in [0.2, 0.25) is 0 Å². The number of pyridine rings is 1. The van der Waals surface area contributed by atoms with Gasteiger partial charge in [0.05, 0.1) is 17.6 Å². The van der Waals surface area contributed by atoms with E-state index in [0.717, 1.165) is 6.07 Å². The molecule has 0 radical (unpaired) electrons. The highest BCUT2D eigenvalue weighted by atomic mass is 19.1. The van der Waals surface area contributed by atoms with Crippen LogP contribution in [0.1, 0.15) is 10.4 Å². The lowest BCUT2D eigenvalue weighted by molar-refractivity contribution is 0.0698. The van der Waals surface area contributed by atoms with E-state index in [-0.39, 0.29) is 12.1 Å². The maximum absolute atomic E-state index is 12.4. The van der Waals surface area contributed by atoms with E-state index in [2.05, 4.69) is 0 Å². The van der Waals surface area contributed by atoms with E-state index in [1.165, 1.54) is 4.57 Å². The maximum Gasteiger partial charge on any atom is 0.336 e. The molecule has 0 unspecified atom stereocenters. The first-order chi connectivity index (χ1) is 8.15. The summed E-state index contributed by atoms with van der Waals surface area (Å²) in [6, 6.07) is 7.60. The minimum atomic E-state index is -1.16. The number of carboxylic acid groups (broad SMARTS) is 1. The Kier molecular flexibility index (Phi) is 2.91. The maximum atomic E-state index is 12.4. The molecule has 0 spiro atoms. The van der Waals surface area contributed by atoms with Crippen molar-refractivity contribution in [3.8, 4) is 0 Å². The zero-order chi connectivity index (χ0) is 12.4. The van der Waals surface area contributed by atoms with Gasteiger partial charge < -0.3 is 9.67 Å². The van der Waals surface area contributed by atoms with Crippen LogP contribution in [-0.2, 0) is 6.54 Å². The zero-order valence-electron chi connectivity index (χ0n) is 8.89. The normalized spacial score (nSPS) is 10.6. The fourth-order valence-corrected chi connectivity index (χ4v) is 1.83. The Morgan fingerprint density at radius 2 is 2.06 bits per heavy atom. The number of aryl methyl sites for hydroxylation is 1. The summed E-state index contributed by atoms with van der Waals surface area (Å²) in [5, 5.41) is 9.44. The molecule has 88 valence electrons. The van der Waals surface area contributed by atoms with Gasteiger partial charge in [-0.1, -0.05) is 18.2 Å². The Labute approximate surface area is 95.9 Å². The van der Waals surface area contributed by atoms with E-state index >= 15 is 0 Å². The number of carboxylic acids is 1. The third-order valence-corrected chi connectivity index (χ3v) is 2.56. The van der Waals surface area contributed by atoms with Gasteiger partial charge in [-0.15, -0.1) is 0 Å². The number of halogens is 1. The molecule has 0 aliphatic carbocycles. The molecule has 2 rings (SSSR count). The zero-order valence-corrected chi connectivity index (χ0v) is 8.89. The fourth-order valence-electron chi connectivity index (χ4n) is 1.83. The van der Waals surface area contributed by atoms with Gasteiger partial charge in [0.1, 0.15) is 6.67 Å². The number of benzene rings is 1. The lowest BCUT2D eigenvalue weighted by atomic mass is 10.1. The van der Waals surface area contributed by atoms with Crippen LogP contribution in [0.2, 0.25) is 0 Å². The van der Waals surface area contributed by atoms with Crippen LogP contribution < -0.4 is 5.56 Å². The van der Waals surface area contributed by atoms with Gasteiger partial charge in [-0.3, -0.25) is 4.79 Å². The molecule has 0 aliphatic heterocycles. The second-order valence-corrected chi connectivity index (χ2v) is 3.56. The smallest absolute Gasteiger partial charge is 0.336 e. The third kappa shape index (κ3) is 1.91. The van der Waals surface area contributed by atoms with Crippen molar-refractivity contribution in [3.05, 3.63) is 46.2 Å². The number of aromatic nitrogens is 1. The molecule has 0 saturated carbocycles. The first-order valence-corrected chi connectivity index (χ1v) is 5.07. The molecule has 1 aromatic heterocycles. The van der Waals surface area contributed by atoms with Crippen molar-refractivity contribution in [2.75, 3.05) is 6.67 Å². The van der Waals surface area contributed by atoms with Gasteiger partial charge in [0.15, 0.2) is 0 Å². The van der Waals surface area contributed by atoms with Gasteiger partial charge in [-0.2, -0.15) is 0 Å². The standard InChI is InChI=1S/C12H10FNO3/c13-5-6-14-10-4-2-1-3-8(10)9(12(16)17)7-11(14)15/h1-4,7H,5-6H2,(H,16,17). The number of hydrogen-bond acceptors (Lipinski definition) is 2. The molecule has 1 heterocycles. The fraction of sp³-hybridized carbons (Fsp3) is 0.167. The first-order valence-electron chi connectivity index (χ1n) is 5.07. The molecule has 5 heteroatoms. The van der Waals surface area contributed by atoms with E-state index in [0.29, 0.717) is 10.9 Å². The summed E-state index contributed by atoms with van der Waals surface area (Å²) in [5.74, 6) is -1.16. The van der Waals surface area contributed by atoms with E-state index in [1.54, 1.807) is 24.3 Å². The Morgan fingerprint density at radius 3 is 2.71 bits per heavy atom. The quantitative estimate of drug-likeness (QED) is 0.880. The van der Waals surface area contributed by atoms with Crippen LogP contribution >= 0.6 is 0 Å². The first kappa shape index (κ1) is 11.3. The molecule has 0 bridgehead atoms. The number of alkyl halides is 1. The molecular formula is C12H10FNO3. The van der Waals surface area contributed by atoms with Crippen molar-refractivity contribution >= 4 is 16.9 Å². The Hall–Kier alpha value is -2.17. The minimum absolute atomic E-state index is 0.0549. The Bertz CT molecular complexity index is 633. The van der Waals surface area contributed by atoms with Crippen LogP contribution in [0.5, 0.6) is 0 Å². The van der Waals surface area contributed by atoms with E-state index in [9.17, 15) is 14.0 Å². The molecule has 1 aromatic carbocycles. The molecule has 0 fully saturated rings. The van der Waals surface area contributed by atoms with Crippen molar-refractivity contribution in [2.45, 2.75) is 6.54 Å². The summed E-state index contributed by atoms with van der Waals surface area (Å²) < 4.78 is 13.6. The number of hydrogen-bond donors (Lipinski definition) is 1. The van der Waals surface area contributed by atoms with Crippen LogP contribution in [-0.4, -0.2) is 22.3 Å². The van der Waals surface area contributed by atoms with Crippen molar-refractivity contribution < 1.29 is 14.3 Å². The molecule has 0 aliphatic rings. The highest BCUT2D eigenvalue weighted by Crippen LogP contribution is 2.16. The molecule has 0 saturated heterocycles. The number of fused-ring (bicyclic) bond motifs is 1. The average Bonchev–Trinajstić information content (AvgIpc) is 2.32. The van der Waals surface area contributed by atoms with Crippen LogP contribution in [0, 0.1) is 0 Å². The SMILES string of the molecule is O=C(O)c1cc(=O)n(CCF)c2ccccc12. The largest absolute Gasteiger partial charge is 0.478 e. The molecule has 17 heavy (non-hydrogen) atoms. The Balaban J connectivity index is 2.87. The second kappa shape index (κ2) is 4.37. The number of nitrogens with zero attached hydrogens (tertiary/aromatic N) is 1. The summed E-state index contributed by atoms with van der Waals surface area (Å²) >= 11 is 0. The second-order valence-electron chi connectivity index (χ2n) is 3.56. The monoisotopic (exact) mass is 235 g/mol. The van der Waals surface area contributed by atoms with Gasteiger partial charge in [0.25, 0.3) is 5.56 Å². The third-order valence-electron chi connectivity index (χ3n) is 2.56. The molecule has 0 atom stereocenters. The summed E-state index contributed by atoms with van der Waals surface area (Å²) in [6.07, 6.45) is 0. The van der Waals surface area contributed by atoms with Gasteiger partial charge >= 0.3 is 5.97 Å². The van der Waals surface area contributed by atoms with Crippen LogP contribution in [0.15, 0.2) is 35.1 Å². The predicted octanol–water partition coefficient (Wildman–Crippen LogP) is 1.67. The van der Waals surface area contributed by atoms with Crippen molar-refractivity contribution in [3.63, 3.8) is 0 Å². The highest BCUT2D eigenvalue weighted by molar-refractivity contribution is 6.02. The highest BCUT2D eigenvalue weighted by Gasteiger charge is 2.12. The van der Waals surface area contributed by atoms with Crippen molar-refractivity contribution in [1.82, 2.24) is 4.57 Å². The molecule has 4 nitrogen and oxygen atoms in total. The summed E-state index contributed by atoms with van der Waals surface area (Å²) in [5.41, 5.74) is -0.116. The van der Waals surface area contributed by atoms with Gasteiger partial charge in [-0.05, 0) is 6.07 Å². The molecular weight excluding hydrogens is 225 g/mol. The Morgan fingerprint density at radius 1 is 1.35 bits per heavy atom. The summed E-state index contributed by atoms with van der Waals surface area (Å²) in [4.78, 5) is 22.7. The van der Waals surface area contributed by atoms with E-state index in [4.69, 9.17) is 5.11 Å². The van der Waals surface area contributed by atoms with Crippen molar-refractivity contribution in [1.29, 1.82) is 0 Å². The number of rotatable bonds is 3. The predicted molar refractivity (Wildman–Crippen MR) is 61.1 cm³/mol.